The van der Waals surface area contributed by atoms with Crippen molar-refractivity contribution in [3.8, 4) is 0 Å². The van der Waals surface area contributed by atoms with Crippen LogP contribution in [0.2, 0.25) is 0 Å². The highest BCUT2D eigenvalue weighted by Gasteiger charge is 2.48. The summed E-state index contributed by atoms with van der Waals surface area (Å²) in [6, 6.07) is 16.7. The van der Waals surface area contributed by atoms with E-state index >= 15 is 0 Å². The van der Waals surface area contributed by atoms with Crippen LogP contribution in [0.1, 0.15) is 16.7 Å². The molecule has 2 aromatic carbocycles. The summed E-state index contributed by atoms with van der Waals surface area (Å²) in [5.41, 5.74) is 6.06. The second kappa shape index (κ2) is 7.75. The Bertz CT molecular complexity index is 988. The highest BCUT2D eigenvalue weighted by atomic mass is 16.2. The molecule has 148 valence electrons. The van der Waals surface area contributed by atoms with Gasteiger partial charge in [-0.15, -0.1) is 0 Å². The maximum Gasteiger partial charge on any atom is 0.325 e. The molecular formula is C21H22N6O2. The summed E-state index contributed by atoms with van der Waals surface area (Å²) in [5, 5.41) is 6.67. The molecule has 2 atom stereocenters. The molecule has 0 aliphatic carbocycles. The molecule has 0 saturated carbocycles. The van der Waals surface area contributed by atoms with Gasteiger partial charge in [0, 0.05) is 13.6 Å². The molecule has 2 aliphatic rings. The van der Waals surface area contributed by atoms with Gasteiger partial charge in [-0.25, -0.2) is 15.2 Å². The van der Waals surface area contributed by atoms with Gasteiger partial charge >= 0.3 is 6.03 Å². The SMILES string of the molecule is Cc1cccc(CN2C(N/N=C/c3ccccc3)=NC3C2C(=O)NC(=O)N3C)c1. The van der Waals surface area contributed by atoms with Crippen LogP contribution in [0.15, 0.2) is 64.7 Å². The smallest absolute Gasteiger partial charge is 0.321 e. The van der Waals surface area contributed by atoms with Crippen LogP contribution in [0, 0.1) is 6.92 Å². The molecule has 2 heterocycles. The number of hydrogen-bond acceptors (Lipinski definition) is 6. The highest BCUT2D eigenvalue weighted by molar-refractivity contribution is 6.03. The summed E-state index contributed by atoms with van der Waals surface area (Å²) in [5.74, 6) is 0.0868. The maximum absolute atomic E-state index is 12.6. The predicted molar refractivity (Wildman–Crippen MR) is 110 cm³/mol. The number of urea groups is 1. The zero-order valence-corrected chi connectivity index (χ0v) is 16.2. The van der Waals surface area contributed by atoms with E-state index in [1.165, 1.54) is 4.90 Å². The van der Waals surface area contributed by atoms with Gasteiger partial charge in [-0.2, -0.15) is 5.10 Å². The molecule has 2 N–H and O–H groups in total. The van der Waals surface area contributed by atoms with Crippen LogP contribution in [-0.2, 0) is 11.3 Å². The zero-order valence-electron chi connectivity index (χ0n) is 16.2. The van der Waals surface area contributed by atoms with Crippen molar-refractivity contribution in [3.63, 3.8) is 0 Å². The molecule has 1 fully saturated rings. The molecule has 0 bridgehead atoms. The third kappa shape index (κ3) is 3.82. The van der Waals surface area contributed by atoms with Crippen LogP contribution < -0.4 is 10.7 Å². The number of nitrogens with one attached hydrogen (secondary N) is 2. The number of nitrogens with zero attached hydrogens (tertiary/aromatic N) is 4. The number of guanidine groups is 1. The lowest BCUT2D eigenvalue weighted by Gasteiger charge is -2.36. The third-order valence-corrected chi connectivity index (χ3v) is 4.97. The Morgan fingerprint density at radius 1 is 1.17 bits per heavy atom. The van der Waals surface area contributed by atoms with Crippen LogP contribution in [0.3, 0.4) is 0 Å². The summed E-state index contributed by atoms with van der Waals surface area (Å²) in [6.45, 7) is 2.48. The summed E-state index contributed by atoms with van der Waals surface area (Å²) in [7, 11) is 1.63. The van der Waals surface area contributed by atoms with E-state index in [4.69, 9.17) is 0 Å². The van der Waals surface area contributed by atoms with Gasteiger partial charge in [0.05, 0.1) is 6.21 Å². The summed E-state index contributed by atoms with van der Waals surface area (Å²) < 4.78 is 0. The van der Waals surface area contributed by atoms with Crippen molar-refractivity contribution < 1.29 is 9.59 Å². The Balaban J connectivity index is 1.61. The van der Waals surface area contributed by atoms with Crippen LogP contribution in [-0.4, -0.2) is 53.2 Å². The van der Waals surface area contributed by atoms with E-state index < -0.39 is 18.2 Å². The number of likely N-dealkylation sites (N-methyl/N-ethyl adjacent to an activating group) is 1. The standard InChI is InChI=1S/C21H22N6O2/c1-14-7-6-10-16(11-14)13-27-17-18(26(2)21(29)24-19(17)28)23-20(27)25-22-12-15-8-4-3-5-9-15/h3-12,17-18H,13H2,1-2H3,(H,23,25)(H,24,28,29)/b22-12+. The maximum atomic E-state index is 12.6. The number of amides is 3. The Kier molecular flexibility index (Phi) is 4.99. The first-order valence-corrected chi connectivity index (χ1v) is 9.35. The van der Waals surface area contributed by atoms with Gasteiger partial charge in [0.15, 0.2) is 12.2 Å². The fourth-order valence-electron chi connectivity index (χ4n) is 3.50. The van der Waals surface area contributed by atoms with Crippen molar-refractivity contribution in [1.29, 1.82) is 0 Å². The molecule has 3 amide bonds. The normalized spacial score (nSPS) is 21.2. The van der Waals surface area contributed by atoms with Crippen LogP contribution in [0.4, 0.5) is 4.79 Å². The molecular weight excluding hydrogens is 368 g/mol. The second-order valence-electron chi connectivity index (χ2n) is 7.11. The Labute approximate surface area is 168 Å². The summed E-state index contributed by atoms with van der Waals surface area (Å²) in [4.78, 5) is 32.5. The van der Waals surface area contributed by atoms with E-state index in [1.807, 2.05) is 60.4 Å². The first-order chi connectivity index (χ1) is 14.0. The van der Waals surface area contributed by atoms with E-state index in [0.29, 0.717) is 12.5 Å². The van der Waals surface area contributed by atoms with Crippen molar-refractivity contribution in [2.75, 3.05) is 7.05 Å². The number of imide groups is 1. The number of hydrogen-bond donors (Lipinski definition) is 2. The van der Waals surface area contributed by atoms with Crippen LogP contribution in [0.5, 0.6) is 0 Å². The highest BCUT2D eigenvalue weighted by Crippen LogP contribution is 2.25. The van der Waals surface area contributed by atoms with Crippen molar-refractivity contribution in [3.05, 3.63) is 71.3 Å². The minimum absolute atomic E-state index is 0.363. The molecule has 29 heavy (non-hydrogen) atoms. The first-order valence-electron chi connectivity index (χ1n) is 9.35. The molecule has 2 aliphatic heterocycles. The van der Waals surface area contributed by atoms with Gasteiger partial charge in [-0.1, -0.05) is 60.2 Å². The largest absolute Gasteiger partial charge is 0.325 e. The Morgan fingerprint density at radius 2 is 1.97 bits per heavy atom. The Morgan fingerprint density at radius 3 is 2.72 bits per heavy atom. The van der Waals surface area contributed by atoms with Gasteiger partial charge in [-0.05, 0) is 18.1 Å². The van der Waals surface area contributed by atoms with Gasteiger partial charge in [0.25, 0.3) is 5.91 Å². The monoisotopic (exact) mass is 390 g/mol. The molecule has 0 spiro atoms. The van der Waals surface area contributed by atoms with Gasteiger partial charge < -0.3 is 9.80 Å². The molecule has 8 nitrogen and oxygen atoms in total. The Hall–Kier alpha value is -3.68. The number of rotatable bonds is 4. The molecule has 4 rings (SSSR count). The minimum Gasteiger partial charge on any atom is -0.321 e. The van der Waals surface area contributed by atoms with Crippen molar-refractivity contribution in [1.82, 2.24) is 20.5 Å². The number of aryl methyl sites for hydroxylation is 1. The van der Waals surface area contributed by atoms with Crippen LogP contribution >= 0.6 is 0 Å². The fourth-order valence-corrected chi connectivity index (χ4v) is 3.50. The second-order valence-corrected chi connectivity index (χ2v) is 7.11. The van der Waals surface area contributed by atoms with Crippen molar-refractivity contribution in [2.24, 2.45) is 10.1 Å². The number of aliphatic imine (C=N–C) groups is 1. The predicted octanol–water partition coefficient (Wildman–Crippen LogP) is 1.67. The van der Waals surface area contributed by atoms with Gasteiger partial charge in [-0.3, -0.25) is 10.1 Å². The van der Waals surface area contributed by atoms with E-state index in [-0.39, 0.29) is 5.91 Å². The van der Waals surface area contributed by atoms with E-state index in [1.54, 1.807) is 13.3 Å². The number of hydrazone groups is 1. The van der Waals surface area contributed by atoms with E-state index in [2.05, 4.69) is 26.9 Å². The minimum atomic E-state index is -0.618. The molecule has 1 saturated heterocycles. The number of carbonyl (C=O) groups is 2. The third-order valence-electron chi connectivity index (χ3n) is 4.97. The molecule has 8 heteroatoms. The summed E-state index contributed by atoms with van der Waals surface area (Å²) in [6.07, 6.45) is 1.08. The average Bonchev–Trinajstić information content (AvgIpc) is 3.06. The zero-order chi connectivity index (χ0) is 20.4. The average molecular weight is 390 g/mol. The number of fused-ring (bicyclic) bond motifs is 1. The number of carbonyl (C=O) groups excluding carboxylic acids is 2. The van der Waals surface area contributed by atoms with E-state index in [0.717, 1.165) is 16.7 Å². The lowest BCUT2D eigenvalue weighted by atomic mass is 10.1. The lowest BCUT2D eigenvalue weighted by molar-refractivity contribution is -0.127. The number of benzene rings is 2. The van der Waals surface area contributed by atoms with E-state index in [9.17, 15) is 9.59 Å². The fraction of sp³-hybridized carbons (Fsp3) is 0.238. The van der Waals surface area contributed by atoms with Gasteiger partial charge in [0.2, 0.25) is 5.96 Å². The topological polar surface area (TPSA) is 89.4 Å². The van der Waals surface area contributed by atoms with Gasteiger partial charge in [0.1, 0.15) is 0 Å². The first kappa shape index (κ1) is 18.7. The van der Waals surface area contributed by atoms with Crippen molar-refractivity contribution in [2.45, 2.75) is 25.7 Å². The lowest BCUT2D eigenvalue weighted by Crippen LogP contribution is -2.63. The summed E-state index contributed by atoms with van der Waals surface area (Å²) >= 11 is 0. The van der Waals surface area contributed by atoms with Crippen molar-refractivity contribution >= 4 is 24.1 Å². The molecule has 0 radical (unpaired) electrons. The molecule has 0 aromatic heterocycles. The molecule has 2 unspecified atom stereocenters. The quantitative estimate of drug-likeness (QED) is 0.614. The molecule has 2 aromatic rings. The van der Waals surface area contributed by atoms with Crippen LogP contribution in [0.25, 0.3) is 0 Å².